The molecule has 0 fully saturated rings. The second-order valence-corrected chi connectivity index (χ2v) is 9.69. The van der Waals surface area contributed by atoms with Crippen LogP contribution in [0.4, 0.5) is 0 Å². The van der Waals surface area contributed by atoms with E-state index in [1.165, 1.54) is 12.8 Å². The van der Waals surface area contributed by atoms with Crippen molar-refractivity contribution in [2.45, 2.75) is 100 Å². The maximum Gasteiger partial charge on any atom is 0.171 e. The van der Waals surface area contributed by atoms with Crippen molar-refractivity contribution >= 4 is 5.78 Å². The number of rotatable bonds is 15. The van der Waals surface area contributed by atoms with Gasteiger partial charge in [-0.15, -0.1) is 0 Å². The number of pyridine rings is 1. The third-order valence-electron chi connectivity index (χ3n) is 4.61. The van der Waals surface area contributed by atoms with E-state index in [9.17, 15) is 4.79 Å². The number of carbonyl (C=O) groups is 1. The fraction of sp³-hybridized carbons (Fsp3) is 0.786. The lowest BCUT2D eigenvalue weighted by Gasteiger charge is -2.04. The van der Waals surface area contributed by atoms with E-state index in [1.807, 2.05) is 18.2 Å². The Labute approximate surface area is 200 Å². The molecule has 0 spiro atoms. The Bertz CT molecular complexity index is 501. The summed E-state index contributed by atoms with van der Waals surface area (Å²) in [6.07, 6.45) is 10.6. The van der Waals surface area contributed by atoms with Crippen LogP contribution >= 0.6 is 0 Å². The van der Waals surface area contributed by atoms with Gasteiger partial charge in [0.1, 0.15) is 12.4 Å². The number of Topliss-reactive ketones (excluding diaryl/α,β-unsaturated/α-hetero) is 1. The summed E-state index contributed by atoms with van der Waals surface area (Å²) in [4.78, 5) is 10.4. The van der Waals surface area contributed by atoms with Gasteiger partial charge in [-0.2, -0.15) is 0 Å². The minimum Gasteiger partial charge on any atom is -0.381 e. The van der Waals surface area contributed by atoms with Gasteiger partial charge in [-0.05, 0) is 50.4 Å². The minimum absolute atomic E-state index is 0.315. The van der Waals surface area contributed by atoms with Gasteiger partial charge in [0.2, 0.25) is 0 Å². The van der Waals surface area contributed by atoms with Gasteiger partial charge in [0.05, 0.1) is 0 Å². The summed E-state index contributed by atoms with van der Waals surface area (Å²) in [7, 11) is 0. The van der Waals surface area contributed by atoms with Gasteiger partial charge >= 0.3 is 0 Å². The lowest BCUT2D eigenvalue weighted by atomic mass is 10.1. The summed E-state index contributed by atoms with van der Waals surface area (Å²) in [5.74, 6) is 2.57. The first-order valence-corrected chi connectivity index (χ1v) is 12.8. The molecule has 4 heteroatoms. The van der Waals surface area contributed by atoms with E-state index in [2.05, 4.69) is 65.4 Å². The Morgan fingerprint density at radius 2 is 1.25 bits per heavy atom. The van der Waals surface area contributed by atoms with Crippen molar-refractivity contribution in [2.24, 2.45) is 17.8 Å². The molecule has 1 aromatic heterocycles. The molecule has 0 saturated carbocycles. The first-order valence-electron chi connectivity index (χ1n) is 12.8. The molecule has 0 saturated heterocycles. The zero-order valence-electron chi connectivity index (χ0n) is 22.6. The number of hydrogen-bond acceptors (Lipinski definition) is 3. The first-order chi connectivity index (χ1) is 15.2. The van der Waals surface area contributed by atoms with E-state index in [1.54, 1.807) is 6.92 Å². The average molecular weight is 453 g/mol. The highest BCUT2D eigenvalue weighted by Gasteiger charge is 1.98. The Hall–Kier alpha value is -1.26. The monoisotopic (exact) mass is 452 g/mol. The van der Waals surface area contributed by atoms with Crippen molar-refractivity contribution in [1.29, 1.82) is 0 Å². The maximum atomic E-state index is 10.4. The highest BCUT2D eigenvalue weighted by Crippen LogP contribution is 2.05. The number of ketones is 1. The molecule has 0 atom stereocenters. The molecule has 0 aliphatic heterocycles. The maximum absolute atomic E-state index is 10.4. The summed E-state index contributed by atoms with van der Waals surface area (Å²) in [6.45, 7) is 21.5. The molecule has 1 aromatic rings. The van der Waals surface area contributed by atoms with Crippen LogP contribution in [0, 0.1) is 17.8 Å². The molecule has 0 aliphatic rings. The number of hydrogen-bond donors (Lipinski definition) is 0. The van der Waals surface area contributed by atoms with Gasteiger partial charge in [0.15, 0.2) is 18.9 Å². The van der Waals surface area contributed by atoms with Gasteiger partial charge in [0.25, 0.3) is 0 Å². The molecule has 32 heavy (non-hydrogen) atoms. The van der Waals surface area contributed by atoms with E-state index in [4.69, 9.17) is 9.47 Å². The molecule has 0 radical (unpaired) electrons. The third-order valence-corrected chi connectivity index (χ3v) is 4.61. The molecule has 0 N–H and O–H groups in total. The van der Waals surface area contributed by atoms with E-state index >= 15 is 0 Å². The van der Waals surface area contributed by atoms with Crippen molar-refractivity contribution in [2.75, 3.05) is 26.4 Å². The molecule has 0 bridgehead atoms. The summed E-state index contributed by atoms with van der Waals surface area (Å²) in [5, 5.41) is 0. The van der Waals surface area contributed by atoms with E-state index in [-0.39, 0.29) is 0 Å². The van der Waals surface area contributed by atoms with Gasteiger partial charge in [0, 0.05) is 38.4 Å². The first kappa shape index (κ1) is 32.9. The number of aromatic nitrogens is 1. The molecule has 0 aliphatic carbocycles. The van der Waals surface area contributed by atoms with Crippen LogP contribution in [0.2, 0.25) is 0 Å². The predicted octanol–water partition coefficient (Wildman–Crippen LogP) is 6.90. The van der Waals surface area contributed by atoms with Crippen LogP contribution in [0.1, 0.15) is 93.9 Å². The van der Waals surface area contributed by atoms with Crippen LogP contribution in [0.25, 0.3) is 0 Å². The number of nitrogens with zero attached hydrogens (tertiary/aromatic N) is 1. The van der Waals surface area contributed by atoms with Crippen LogP contribution in [0.5, 0.6) is 0 Å². The van der Waals surface area contributed by atoms with Gasteiger partial charge in [-0.25, -0.2) is 4.57 Å². The van der Waals surface area contributed by atoms with Crippen molar-refractivity contribution in [3.8, 4) is 0 Å². The molecule has 0 unspecified atom stereocenters. The van der Waals surface area contributed by atoms with Crippen LogP contribution < -0.4 is 4.57 Å². The molecule has 1 heterocycles. The molecule has 188 valence electrons. The van der Waals surface area contributed by atoms with Crippen LogP contribution in [-0.2, 0) is 20.8 Å². The fourth-order valence-corrected chi connectivity index (χ4v) is 2.50. The molecule has 4 nitrogen and oxygen atoms in total. The molecule has 0 amide bonds. The lowest BCUT2D eigenvalue weighted by molar-refractivity contribution is -0.698. The Morgan fingerprint density at radius 1 is 0.750 bits per heavy atom. The third kappa shape index (κ3) is 30.9. The Balaban J connectivity index is 0. The van der Waals surface area contributed by atoms with E-state index in [0.717, 1.165) is 76.4 Å². The van der Waals surface area contributed by atoms with E-state index < -0.39 is 0 Å². The second kappa shape index (κ2) is 24.4. The summed E-state index contributed by atoms with van der Waals surface area (Å²) in [6, 6.07) is 6.10. The number of ether oxygens (including phenoxy) is 2. The average Bonchev–Trinajstić information content (AvgIpc) is 2.72. The standard InChI is InChI=1S/C12H20NO.C8H16O.C8H18O/c1-12(2)6-10-14-11-9-13-7-4-3-5-8-13;1-7(2)5-4-6-8(3)9;1-4-6-9-7-5-8(2)3/h3-5,7-8,12H,6,9-11H2,1-2H3;7H,4-6H2,1-3H3;8H,4-7H2,1-3H3/q+1;;. The largest absolute Gasteiger partial charge is 0.381 e. The van der Waals surface area contributed by atoms with Gasteiger partial charge in [-0.1, -0.05) is 61.0 Å². The Kier molecular flexibility index (Phi) is 25.1. The van der Waals surface area contributed by atoms with Crippen LogP contribution in [-0.4, -0.2) is 32.2 Å². The predicted molar refractivity (Wildman–Crippen MR) is 137 cm³/mol. The van der Waals surface area contributed by atoms with Crippen molar-refractivity contribution in [3.05, 3.63) is 30.6 Å². The molecule has 0 aromatic carbocycles. The quantitative estimate of drug-likeness (QED) is 0.215. The summed E-state index contributed by atoms with van der Waals surface area (Å²) < 4.78 is 13.0. The zero-order chi connectivity index (χ0) is 24.6. The van der Waals surface area contributed by atoms with Crippen molar-refractivity contribution < 1.29 is 18.8 Å². The van der Waals surface area contributed by atoms with Crippen molar-refractivity contribution in [3.63, 3.8) is 0 Å². The molecule has 1 rings (SSSR count). The second-order valence-electron chi connectivity index (χ2n) is 9.69. The highest BCUT2D eigenvalue weighted by atomic mass is 16.5. The molecular formula is C28H54NO3+. The zero-order valence-corrected chi connectivity index (χ0v) is 22.6. The van der Waals surface area contributed by atoms with Gasteiger partial charge < -0.3 is 14.3 Å². The highest BCUT2D eigenvalue weighted by molar-refractivity contribution is 5.75. The fourth-order valence-electron chi connectivity index (χ4n) is 2.50. The van der Waals surface area contributed by atoms with Crippen LogP contribution in [0.3, 0.4) is 0 Å². The smallest absolute Gasteiger partial charge is 0.171 e. The topological polar surface area (TPSA) is 39.4 Å². The lowest BCUT2D eigenvalue weighted by Crippen LogP contribution is -2.34. The Morgan fingerprint density at radius 3 is 1.69 bits per heavy atom. The minimum atomic E-state index is 0.315. The summed E-state index contributed by atoms with van der Waals surface area (Å²) in [5.41, 5.74) is 0. The molecular weight excluding hydrogens is 398 g/mol. The van der Waals surface area contributed by atoms with Crippen molar-refractivity contribution in [1.82, 2.24) is 0 Å². The normalized spacial score (nSPS) is 10.6. The van der Waals surface area contributed by atoms with Crippen LogP contribution in [0.15, 0.2) is 30.6 Å². The van der Waals surface area contributed by atoms with Gasteiger partial charge in [-0.3, -0.25) is 0 Å². The summed E-state index contributed by atoms with van der Waals surface area (Å²) >= 11 is 0. The SMILES string of the molecule is CC(=O)CCCC(C)C.CC(C)CCOCC[n+]1ccccc1.CCCOCCC(C)C. The number of carbonyl (C=O) groups excluding carboxylic acids is 1. The van der Waals surface area contributed by atoms with E-state index in [0.29, 0.717) is 5.78 Å².